The van der Waals surface area contributed by atoms with Crippen LogP contribution in [0, 0.1) is 13.8 Å². The van der Waals surface area contributed by atoms with Gasteiger partial charge in [-0.25, -0.2) is 8.42 Å². The van der Waals surface area contributed by atoms with Crippen molar-refractivity contribution in [3.8, 4) is 0 Å². The topological polar surface area (TPSA) is 72.2 Å². The molecule has 4 nitrogen and oxygen atoms in total. The molecule has 1 atom stereocenters. The number of hydrogen-bond acceptors (Lipinski definition) is 4. The minimum Gasteiger partial charge on any atom is -0.271 e. The zero-order chi connectivity index (χ0) is 13.8. The third-order valence-electron chi connectivity index (χ3n) is 3.04. The summed E-state index contributed by atoms with van der Waals surface area (Å²) in [6.45, 7) is 4.10. The number of aryl methyl sites for hydroxylation is 2. The number of hydrogen-bond donors (Lipinski definition) is 2. The van der Waals surface area contributed by atoms with Gasteiger partial charge in [0.15, 0.2) is 0 Å². The molecular formula is C13H22N2O2S. The highest BCUT2D eigenvalue weighted by Gasteiger charge is 2.12. The van der Waals surface area contributed by atoms with Crippen molar-refractivity contribution < 1.29 is 8.42 Å². The van der Waals surface area contributed by atoms with E-state index in [2.05, 4.69) is 30.5 Å². The Morgan fingerprint density at radius 3 is 2.56 bits per heavy atom. The summed E-state index contributed by atoms with van der Waals surface area (Å²) in [5.74, 6) is 5.65. The Balaban J connectivity index is 2.70. The maximum Gasteiger partial charge on any atom is 0.147 e. The SMILES string of the molecule is Cc1ccc(C)c(CC(CCS(C)(=O)=O)NN)c1. The fourth-order valence-corrected chi connectivity index (χ4v) is 2.60. The van der Waals surface area contributed by atoms with Gasteiger partial charge in [0.2, 0.25) is 0 Å². The predicted molar refractivity (Wildman–Crippen MR) is 75.1 cm³/mol. The summed E-state index contributed by atoms with van der Waals surface area (Å²) in [5.41, 5.74) is 6.33. The van der Waals surface area contributed by atoms with Gasteiger partial charge in [0.05, 0.1) is 5.75 Å². The largest absolute Gasteiger partial charge is 0.271 e. The molecule has 0 bridgehead atoms. The maximum absolute atomic E-state index is 11.2. The highest BCUT2D eigenvalue weighted by Crippen LogP contribution is 2.14. The zero-order valence-electron chi connectivity index (χ0n) is 11.2. The van der Waals surface area contributed by atoms with Crippen LogP contribution >= 0.6 is 0 Å². The third-order valence-corrected chi connectivity index (χ3v) is 4.02. The smallest absolute Gasteiger partial charge is 0.147 e. The summed E-state index contributed by atoms with van der Waals surface area (Å²) in [6.07, 6.45) is 2.53. The standard InChI is InChI=1S/C13H22N2O2S/c1-10-4-5-11(2)12(8-10)9-13(15-14)6-7-18(3,16)17/h4-5,8,13,15H,6-7,9,14H2,1-3H3. The van der Waals surface area contributed by atoms with E-state index in [1.807, 2.05) is 6.92 Å². The van der Waals surface area contributed by atoms with Crippen molar-refractivity contribution in [1.29, 1.82) is 0 Å². The van der Waals surface area contributed by atoms with E-state index in [4.69, 9.17) is 5.84 Å². The van der Waals surface area contributed by atoms with Gasteiger partial charge in [-0.15, -0.1) is 0 Å². The Kier molecular flexibility index (Phi) is 5.31. The van der Waals surface area contributed by atoms with Gasteiger partial charge in [0.1, 0.15) is 9.84 Å². The molecule has 102 valence electrons. The highest BCUT2D eigenvalue weighted by molar-refractivity contribution is 7.90. The fraction of sp³-hybridized carbons (Fsp3) is 0.538. The first kappa shape index (κ1) is 15.1. The van der Waals surface area contributed by atoms with Crippen LogP contribution in [0.25, 0.3) is 0 Å². The Labute approximate surface area is 109 Å². The Morgan fingerprint density at radius 1 is 1.33 bits per heavy atom. The molecule has 0 spiro atoms. The van der Waals surface area contributed by atoms with E-state index in [1.54, 1.807) is 0 Å². The van der Waals surface area contributed by atoms with E-state index >= 15 is 0 Å². The molecule has 0 aromatic heterocycles. The van der Waals surface area contributed by atoms with Crippen molar-refractivity contribution in [2.24, 2.45) is 5.84 Å². The van der Waals surface area contributed by atoms with Gasteiger partial charge in [-0.1, -0.05) is 23.8 Å². The van der Waals surface area contributed by atoms with Crippen molar-refractivity contribution in [3.05, 3.63) is 34.9 Å². The van der Waals surface area contributed by atoms with E-state index < -0.39 is 9.84 Å². The number of benzene rings is 1. The molecular weight excluding hydrogens is 248 g/mol. The molecule has 1 aromatic carbocycles. The first-order chi connectivity index (χ1) is 8.31. The van der Waals surface area contributed by atoms with Crippen LogP contribution in [0.15, 0.2) is 18.2 Å². The number of nitrogens with two attached hydrogens (primary N) is 1. The average molecular weight is 270 g/mol. The number of hydrazine groups is 1. The Bertz CT molecular complexity index is 498. The van der Waals surface area contributed by atoms with Gasteiger partial charge in [0, 0.05) is 12.3 Å². The lowest BCUT2D eigenvalue weighted by molar-refractivity contribution is 0.506. The first-order valence-electron chi connectivity index (χ1n) is 6.02. The predicted octanol–water partition coefficient (Wildman–Crippen LogP) is 1.11. The molecule has 0 amide bonds. The molecule has 0 saturated carbocycles. The monoisotopic (exact) mass is 270 g/mol. The van der Waals surface area contributed by atoms with Gasteiger partial charge in [-0.2, -0.15) is 0 Å². The van der Waals surface area contributed by atoms with Crippen LogP contribution in [0.1, 0.15) is 23.1 Å². The highest BCUT2D eigenvalue weighted by atomic mass is 32.2. The second-order valence-corrected chi connectivity index (χ2v) is 7.18. The summed E-state index contributed by atoms with van der Waals surface area (Å²) < 4.78 is 22.3. The van der Waals surface area contributed by atoms with Gasteiger partial charge in [-0.05, 0) is 37.8 Å². The minimum atomic E-state index is -2.94. The molecule has 1 aromatic rings. The van der Waals surface area contributed by atoms with Crippen LogP contribution < -0.4 is 11.3 Å². The van der Waals surface area contributed by atoms with E-state index in [0.29, 0.717) is 6.42 Å². The molecule has 1 unspecified atom stereocenters. The quantitative estimate of drug-likeness (QED) is 0.600. The van der Waals surface area contributed by atoms with Gasteiger partial charge < -0.3 is 0 Å². The van der Waals surface area contributed by atoms with Gasteiger partial charge >= 0.3 is 0 Å². The van der Waals surface area contributed by atoms with Crippen LogP contribution in [0.3, 0.4) is 0 Å². The molecule has 0 radical (unpaired) electrons. The lowest BCUT2D eigenvalue weighted by atomic mass is 9.98. The Hall–Kier alpha value is -0.910. The van der Waals surface area contributed by atoms with E-state index in [-0.39, 0.29) is 11.8 Å². The molecule has 3 N–H and O–H groups in total. The Morgan fingerprint density at radius 2 is 2.00 bits per heavy atom. The van der Waals surface area contributed by atoms with E-state index in [0.717, 1.165) is 6.42 Å². The second kappa shape index (κ2) is 6.31. The molecule has 0 saturated heterocycles. The zero-order valence-corrected chi connectivity index (χ0v) is 12.0. The average Bonchev–Trinajstić information content (AvgIpc) is 2.27. The lowest BCUT2D eigenvalue weighted by Gasteiger charge is -2.17. The summed E-state index contributed by atoms with van der Waals surface area (Å²) in [5, 5.41) is 0. The third kappa shape index (κ3) is 5.16. The van der Waals surface area contributed by atoms with E-state index in [1.165, 1.54) is 22.9 Å². The van der Waals surface area contributed by atoms with Crippen LogP contribution in [-0.2, 0) is 16.3 Å². The van der Waals surface area contributed by atoms with Gasteiger partial charge in [0.25, 0.3) is 0 Å². The van der Waals surface area contributed by atoms with Crippen molar-refractivity contribution in [1.82, 2.24) is 5.43 Å². The maximum atomic E-state index is 11.2. The second-order valence-electron chi connectivity index (χ2n) is 4.92. The minimum absolute atomic E-state index is 0.0137. The molecule has 0 fully saturated rings. The van der Waals surface area contributed by atoms with Gasteiger partial charge in [-0.3, -0.25) is 11.3 Å². The first-order valence-corrected chi connectivity index (χ1v) is 8.08. The van der Waals surface area contributed by atoms with Crippen LogP contribution in [0.5, 0.6) is 0 Å². The lowest BCUT2D eigenvalue weighted by Crippen LogP contribution is -2.38. The van der Waals surface area contributed by atoms with Crippen molar-refractivity contribution in [2.75, 3.05) is 12.0 Å². The molecule has 0 aliphatic rings. The molecule has 0 aliphatic heterocycles. The molecule has 18 heavy (non-hydrogen) atoms. The number of sulfone groups is 1. The normalized spacial score (nSPS) is 13.6. The van der Waals surface area contributed by atoms with Crippen LogP contribution in [-0.4, -0.2) is 26.5 Å². The van der Waals surface area contributed by atoms with Crippen molar-refractivity contribution in [2.45, 2.75) is 32.7 Å². The number of rotatable bonds is 6. The molecule has 5 heteroatoms. The number of nitrogens with one attached hydrogen (secondary N) is 1. The molecule has 1 rings (SSSR count). The van der Waals surface area contributed by atoms with Crippen molar-refractivity contribution in [3.63, 3.8) is 0 Å². The summed E-state index contributed by atoms with van der Waals surface area (Å²) in [4.78, 5) is 0. The molecule has 0 heterocycles. The van der Waals surface area contributed by atoms with Crippen molar-refractivity contribution >= 4 is 9.84 Å². The summed E-state index contributed by atoms with van der Waals surface area (Å²) >= 11 is 0. The molecule has 0 aliphatic carbocycles. The van der Waals surface area contributed by atoms with Crippen LogP contribution in [0.2, 0.25) is 0 Å². The summed E-state index contributed by atoms with van der Waals surface area (Å²) in [6, 6.07) is 6.26. The van der Waals surface area contributed by atoms with Crippen LogP contribution in [0.4, 0.5) is 0 Å². The fourth-order valence-electron chi connectivity index (χ4n) is 1.89. The summed E-state index contributed by atoms with van der Waals surface area (Å²) in [7, 11) is -2.94. The van der Waals surface area contributed by atoms with E-state index in [9.17, 15) is 8.42 Å².